The smallest absolute Gasteiger partial charge is 0.182 e. The van der Waals surface area contributed by atoms with Crippen molar-refractivity contribution in [2.24, 2.45) is 4.99 Å². The molecule has 5 nitrogen and oxygen atoms in total. The number of rotatable bonds is 6. The molecule has 0 unspecified atom stereocenters. The Kier molecular flexibility index (Phi) is 6.47. The Labute approximate surface area is 160 Å². The largest absolute Gasteiger partial charge is 0.497 e. The molecule has 2 aromatic carbocycles. The van der Waals surface area contributed by atoms with Crippen molar-refractivity contribution in [1.29, 1.82) is 0 Å². The Balaban J connectivity index is 2.00. The van der Waals surface area contributed by atoms with Gasteiger partial charge in [-0.2, -0.15) is 0 Å². The number of ketones is 1. The Morgan fingerprint density at radius 1 is 1.04 bits per heavy atom. The topological polar surface area (TPSA) is 51.1 Å². The zero-order chi connectivity index (χ0) is 19.1. The number of benzene rings is 2. The lowest BCUT2D eigenvalue weighted by molar-refractivity contribution is 0.100. The first kappa shape index (κ1) is 19.0. The van der Waals surface area contributed by atoms with Gasteiger partial charge in [-0.1, -0.05) is 36.8 Å². The van der Waals surface area contributed by atoms with Crippen molar-refractivity contribution in [3.8, 4) is 11.5 Å². The first-order valence-electron chi connectivity index (χ1n) is 9.34. The van der Waals surface area contributed by atoms with Crippen LogP contribution in [0.15, 0.2) is 53.5 Å². The number of aliphatic imine (C=N–C) groups is 1. The van der Waals surface area contributed by atoms with E-state index in [9.17, 15) is 4.79 Å². The molecule has 1 aliphatic rings. The van der Waals surface area contributed by atoms with Gasteiger partial charge in [0, 0.05) is 24.6 Å². The molecule has 1 heterocycles. The third-order valence-electron chi connectivity index (χ3n) is 4.74. The van der Waals surface area contributed by atoms with Crippen LogP contribution >= 0.6 is 0 Å². The average Bonchev–Trinajstić information content (AvgIpc) is 3.01. The van der Waals surface area contributed by atoms with Crippen molar-refractivity contribution in [2.45, 2.75) is 25.7 Å². The molecular weight excluding hydrogens is 340 g/mol. The van der Waals surface area contributed by atoms with Crippen LogP contribution in [-0.4, -0.2) is 38.9 Å². The molecule has 2 aromatic rings. The molecule has 0 saturated heterocycles. The van der Waals surface area contributed by atoms with Crippen molar-refractivity contribution in [3.63, 3.8) is 0 Å². The van der Waals surface area contributed by atoms with Gasteiger partial charge in [0.2, 0.25) is 0 Å². The van der Waals surface area contributed by atoms with E-state index in [0.29, 0.717) is 11.3 Å². The van der Waals surface area contributed by atoms with Gasteiger partial charge in [0.05, 0.1) is 26.5 Å². The number of amidine groups is 1. The fraction of sp³-hybridized carbons (Fsp3) is 0.364. The monoisotopic (exact) mass is 366 g/mol. The maximum atomic E-state index is 12.9. The van der Waals surface area contributed by atoms with E-state index in [2.05, 4.69) is 0 Å². The second-order valence-electron chi connectivity index (χ2n) is 6.52. The van der Waals surface area contributed by atoms with Crippen LogP contribution in [0.4, 0.5) is 5.69 Å². The molecule has 3 rings (SSSR count). The fourth-order valence-corrected chi connectivity index (χ4v) is 3.26. The van der Waals surface area contributed by atoms with Gasteiger partial charge in [-0.15, -0.1) is 0 Å². The Hall–Kier alpha value is -2.82. The number of nitrogens with zero attached hydrogens (tertiary/aromatic N) is 2. The van der Waals surface area contributed by atoms with E-state index in [1.807, 2.05) is 53.4 Å². The van der Waals surface area contributed by atoms with Gasteiger partial charge < -0.3 is 14.4 Å². The number of methoxy groups -OCH3 is 2. The highest BCUT2D eigenvalue weighted by Crippen LogP contribution is 2.33. The number of ether oxygens (including phenoxy) is 2. The molecule has 142 valence electrons. The molecule has 0 spiro atoms. The van der Waals surface area contributed by atoms with Crippen molar-refractivity contribution in [2.75, 3.05) is 32.2 Å². The molecule has 0 fully saturated rings. The molecule has 0 amide bonds. The molecular formula is C22H26N2O3. The maximum Gasteiger partial charge on any atom is 0.182 e. The summed E-state index contributed by atoms with van der Waals surface area (Å²) in [7, 11) is 3.27. The average molecular weight is 366 g/mol. The van der Waals surface area contributed by atoms with Crippen LogP contribution in [-0.2, 0) is 0 Å². The van der Waals surface area contributed by atoms with Crippen LogP contribution in [0.2, 0.25) is 0 Å². The van der Waals surface area contributed by atoms with Crippen molar-refractivity contribution in [3.05, 3.63) is 54.1 Å². The first-order chi connectivity index (χ1) is 13.2. The first-order valence-corrected chi connectivity index (χ1v) is 9.34. The third-order valence-corrected chi connectivity index (χ3v) is 4.74. The van der Waals surface area contributed by atoms with Crippen LogP contribution in [0.1, 0.15) is 36.0 Å². The van der Waals surface area contributed by atoms with Gasteiger partial charge in [0.1, 0.15) is 17.3 Å². The second kappa shape index (κ2) is 9.21. The second-order valence-corrected chi connectivity index (χ2v) is 6.52. The summed E-state index contributed by atoms with van der Waals surface area (Å²) in [5.41, 5.74) is 1.50. The molecule has 0 N–H and O–H groups in total. The number of Topliss-reactive ketones (excluding diaryl/α,β-unsaturated/α-hetero) is 1. The molecule has 0 atom stereocenters. The van der Waals surface area contributed by atoms with Crippen molar-refractivity contribution >= 4 is 17.3 Å². The zero-order valence-corrected chi connectivity index (χ0v) is 16.0. The summed E-state index contributed by atoms with van der Waals surface area (Å²) in [5.74, 6) is 2.40. The van der Waals surface area contributed by atoms with E-state index in [0.717, 1.165) is 49.5 Å². The van der Waals surface area contributed by atoms with Gasteiger partial charge >= 0.3 is 0 Å². The predicted octanol–water partition coefficient (Wildman–Crippen LogP) is 4.37. The van der Waals surface area contributed by atoms with E-state index < -0.39 is 0 Å². The maximum absolute atomic E-state index is 12.9. The highest BCUT2D eigenvalue weighted by atomic mass is 16.5. The predicted molar refractivity (Wildman–Crippen MR) is 108 cm³/mol. The molecule has 0 bridgehead atoms. The number of hydrogen-bond acceptors (Lipinski definition) is 5. The van der Waals surface area contributed by atoms with Crippen LogP contribution in [0.3, 0.4) is 0 Å². The molecule has 0 aliphatic carbocycles. The minimum absolute atomic E-state index is 0.0485. The lowest BCUT2D eigenvalue weighted by atomic mass is 10.1. The molecule has 5 heteroatoms. The third kappa shape index (κ3) is 4.67. The van der Waals surface area contributed by atoms with Gasteiger partial charge in [-0.25, -0.2) is 0 Å². The van der Waals surface area contributed by atoms with Crippen molar-refractivity contribution < 1.29 is 14.3 Å². The SMILES string of the molecule is COc1ccc(OC)c(N(CC(=O)c2ccccc2)C2=NCCCCC2)c1. The summed E-state index contributed by atoms with van der Waals surface area (Å²) in [4.78, 5) is 19.7. The van der Waals surface area contributed by atoms with Crippen LogP contribution in [0.25, 0.3) is 0 Å². The van der Waals surface area contributed by atoms with Gasteiger partial charge in [0.25, 0.3) is 0 Å². The lowest BCUT2D eigenvalue weighted by Crippen LogP contribution is -2.36. The molecule has 27 heavy (non-hydrogen) atoms. The van der Waals surface area contributed by atoms with E-state index in [1.54, 1.807) is 14.2 Å². The van der Waals surface area contributed by atoms with Crippen LogP contribution < -0.4 is 14.4 Å². The van der Waals surface area contributed by atoms with Crippen molar-refractivity contribution in [1.82, 2.24) is 0 Å². The van der Waals surface area contributed by atoms with E-state index >= 15 is 0 Å². The Morgan fingerprint density at radius 3 is 2.59 bits per heavy atom. The normalized spacial score (nSPS) is 14.1. The molecule has 0 saturated carbocycles. The summed E-state index contributed by atoms with van der Waals surface area (Å²) < 4.78 is 11.0. The number of carbonyl (C=O) groups excluding carboxylic acids is 1. The zero-order valence-electron chi connectivity index (χ0n) is 16.0. The van der Waals surface area contributed by atoms with Gasteiger partial charge in [-0.3, -0.25) is 9.79 Å². The summed E-state index contributed by atoms with van der Waals surface area (Å²) in [6, 6.07) is 15.0. The van der Waals surface area contributed by atoms with Crippen LogP contribution in [0.5, 0.6) is 11.5 Å². The highest BCUT2D eigenvalue weighted by Gasteiger charge is 2.22. The van der Waals surface area contributed by atoms with Crippen LogP contribution in [0, 0.1) is 0 Å². The highest BCUT2D eigenvalue weighted by molar-refractivity contribution is 6.08. The van der Waals surface area contributed by atoms with Gasteiger partial charge in [0.15, 0.2) is 5.78 Å². The fourth-order valence-electron chi connectivity index (χ4n) is 3.26. The van der Waals surface area contributed by atoms with E-state index in [-0.39, 0.29) is 12.3 Å². The molecule has 0 radical (unpaired) electrons. The number of hydrogen-bond donors (Lipinski definition) is 0. The summed E-state index contributed by atoms with van der Waals surface area (Å²) in [5, 5.41) is 0. The minimum atomic E-state index is 0.0485. The lowest BCUT2D eigenvalue weighted by Gasteiger charge is -2.27. The number of carbonyl (C=O) groups is 1. The van der Waals surface area contributed by atoms with E-state index in [1.165, 1.54) is 0 Å². The van der Waals surface area contributed by atoms with Gasteiger partial charge in [-0.05, 0) is 25.0 Å². The minimum Gasteiger partial charge on any atom is -0.497 e. The Bertz CT molecular complexity index is 802. The van der Waals surface area contributed by atoms with E-state index in [4.69, 9.17) is 14.5 Å². The number of anilines is 1. The molecule has 1 aliphatic heterocycles. The summed E-state index contributed by atoms with van der Waals surface area (Å²) >= 11 is 0. The summed E-state index contributed by atoms with van der Waals surface area (Å²) in [6.07, 6.45) is 4.16. The molecule has 0 aromatic heterocycles. The standard InChI is InChI=1S/C22H26N2O3/c1-26-18-12-13-21(27-2)19(15-18)24(22-11-7-4-8-14-23-22)16-20(25)17-9-5-3-6-10-17/h3,5-6,9-10,12-13,15H,4,7-8,11,14,16H2,1-2H3. The summed E-state index contributed by atoms with van der Waals surface area (Å²) in [6.45, 7) is 1.00. The Morgan fingerprint density at radius 2 is 1.85 bits per heavy atom. The quantitative estimate of drug-likeness (QED) is 0.713.